The van der Waals surface area contributed by atoms with E-state index < -0.39 is 0 Å². The monoisotopic (exact) mass is 402 g/mol. The van der Waals surface area contributed by atoms with Crippen LogP contribution in [0.3, 0.4) is 0 Å². The number of piperazine rings is 1. The van der Waals surface area contributed by atoms with Gasteiger partial charge in [0.15, 0.2) is 6.04 Å². The van der Waals surface area contributed by atoms with Crippen LogP contribution in [0, 0.1) is 13.8 Å². The van der Waals surface area contributed by atoms with Gasteiger partial charge in [-0.3, -0.25) is 9.69 Å². The van der Waals surface area contributed by atoms with Crippen LogP contribution in [0.5, 0.6) is 0 Å². The Morgan fingerprint density at radius 2 is 1.73 bits per heavy atom. The molecule has 5 heteroatoms. The van der Waals surface area contributed by atoms with Crippen molar-refractivity contribution in [2.24, 2.45) is 0 Å². The van der Waals surface area contributed by atoms with Crippen molar-refractivity contribution >= 4 is 17.4 Å². The molecule has 4 rings (SSSR count). The van der Waals surface area contributed by atoms with Gasteiger partial charge in [-0.2, -0.15) is 0 Å². The van der Waals surface area contributed by atoms with Crippen molar-refractivity contribution in [1.82, 2.24) is 0 Å². The summed E-state index contributed by atoms with van der Waals surface area (Å²) in [6, 6.07) is 22.3. The summed E-state index contributed by atoms with van der Waals surface area (Å²) in [5.41, 5.74) is 4.19. The predicted octanol–water partition coefficient (Wildman–Crippen LogP) is 2.20. The Kier molecular flexibility index (Phi) is 6.10. The molecule has 0 radical (unpaired) electrons. The summed E-state index contributed by atoms with van der Waals surface area (Å²) in [5.74, 6) is 1.19. The van der Waals surface area contributed by atoms with Crippen molar-refractivity contribution in [2.45, 2.75) is 19.9 Å². The van der Waals surface area contributed by atoms with Crippen molar-refractivity contribution in [3.63, 3.8) is 0 Å². The first kappa shape index (κ1) is 20.1. The number of amides is 1. The van der Waals surface area contributed by atoms with Gasteiger partial charge in [0.1, 0.15) is 26.2 Å². The first-order valence-corrected chi connectivity index (χ1v) is 10.6. The molecule has 1 fully saturated rings. The standard InChI is InChI=1S/C25H28N4O/c1-19-11-12-20(2)22(18-19)27-25(30)24(21-8-4-3-5-9-21)29-16-14-28(15-17-29)23-10-6-7-13-26-23/h3-13,18,24H,14-17H2,1-2H3,(H,27,30)/p+2/t24-/m1/s1. The summed E-state index contributed by atoms with van der Waals surface area (Å²) in [6.07, 6.45) is 1.96. The minimum atomic E-state index is -0.229. The summed E-state index contributed by atoms with van der Waals surface area (Å²) in [5, 5.41) is 3.21. The lowest BCUT2D eigenvalue weighted by Crippen LogP contribution is -3.16. The summed E-state index contributed by atoms with van der Waals surface area (Å²) in [6.45, 7) is 7.72. The summed E-state index contributed by atoms with van der Waals surface area (Å²) < 4.78 is 0. The predicted molar refractivity (Wildman–Crippen MR) is 120 cm³/mol. The minimum Gasteiger partial charge on any atom is -0.320 e. The summed E-state index contributed by atoms with van der Waals surface area (Å²) in [4.78, 5) is 20.5. The lowest BCUT2D eigenvalue weighted by atomic mass is 10.0. The molecule has 1 aliphatic heterocycles. The van der Waals surface area contributed by atoms with Gasteiger partial charge in [0, 0.05) is 17.3 Å². The van der Waals surface area contributed by atoms with Crippen LogP contribution in [-0.2, 0) is 4.79 Å². The maximum absolute atomic E-state index is 13.5. The zero-order valence-electron chi connectivity index (χ0n) is 17.7. The molecule has 2 heterocycles. The second-order valence-corrected chi connectivity index (χ2v) is 8.04. The lowest BCUT2D eigenvalue weighted by molar-refractivity contribution is -0.922. The van der Waals surface area contributed by atoms with Gasteiger partial charge in [0.2, 0.25) is 0 Å². The number of hydrogen-bond donors (Lipinski definition) is 2. The lowest BCUT2D eigenvalue weighted by Gasteiger charge is -2.33. The SMILES string of the molecule is Cc1ccc(C)c(NC(=O)[C@@H](c2ccccc2)[NH+]2CCN(c3cccc[nH+]3)CC2)c1. The number of quaternary nitrogens is 1. The maximum atomic E-state index is 13.5. The Bertz CT molecular complexity index is 983. The van der Waals surface area contributed by atoms with Crippen molar-refractivity contribution in [1.29, 1.82) is 0 Å². The van der Waals surface area contributed by atoms with Gasteiger partial charge in [0.05, 0.1) is 6.20 Å². The number of H-pyrrole nitrogens is 1. The summed E-state index contributed by atoms with van der Waals surface area (Å²) >= 11 is 0. The number of aryl methyl sites for hydroxylation is 2. The van der Waals surface area contributed by atoms with E-state index in [0.717, 1.165) is 54.4 Å². The third kappa shape index (κ3) is 4.52. The number of carbonyl (C=O) groups is 1. The fourth-order valence-electron chi connectivity index (χ4n) is 4.20. The van der Waals surface area contributed by atoms with E-state index in [-0.39, 0.29) is 11.9 Å². The number of benzene rings is 2. The Labute approximate surface area is 178 Å². The van der Waals surface area contributed by atoms with Crippen molar-refractivity contribution in [3.8, 4) is 0 Å². The first-order valence-electron chi connectivity index (χ1n) is 10.6. The molecule has 0 aliphatic carbocycles. The average Bonchev–Trinajstić information content (AvgIpc) is 2.78. The molecule has 3 aromatic rings. The normalized spacial score (nSPS) is 15.6. The van der Waals surface area contributed by atoms with Crippen LogP contribution in [0.1, 0.15) is 22.7 Å². The maximum Gasteiger partial charge on any atom is 0.287 e. The molecule has 1 atom stereocenters. The third-order valence-electron chi connectivity index (χ3n) is 5.89. The highest BCUT2D eigenvalue weighted by Crippen LogP contribution is 2.19. The second kappa shape index (κ2) is 9.09. The molecule has 0 bridgehead atoms. The molecule has 154 valence electrons. The van der Waals surface area contributed by atoms with E-state index in [1.54, 1.807) is 0 Å². The molecule has 3 N–H and O–H groups in total. The molecule has 30 heavy (non-hydrogen) atoms. The van der Waals surface area contributed by atoms with Crippen LogP contribution in [0.2, 0.25) is 0 Å². The number of rotatable bonds is 5. The van der Waals surface area contributed by atoms with Gasteiger partial charge in [-0.15, -0.1) is 0 Å². The Morgan fingerprint density at radius 3 is 2.43 bits per heavy atom. The van der Waals surface area contributed by atoms with Gasteiger partial charge >= 0.3 is 0 Å². The van der Waals surface area contributed by atoms with E-state index in [2.05, 4.69) is 58.5 Å². The number of carbonyl (C=O) groups excluding carboxylic acids is 1. The molecular formula is C25H30N4O+2. The van der Waals surface area contributed by atoms with Crippen molar-refractivity contribution < 1.29 is 14.7 Å². The fraction of sp³-hybridized carbons (Fsp3) is 0.280. The third-order valence-corrected chi connectivity index (χ3v) is 5.89. The zero-order chi connectivity index (χ0) is 20.9. The molecule has 1 saturated heterocycles. The Hall–Kier alpha value is -3.18. The Morgan fingerprint density at radius 1 is 1.00 bits per heavy atom. The molecule has 2 aromatic carbocycles. The van der Waals surface area contributed by atoms with E-state index in [9.17, 15) is 4.79 Å². The molecule has 0 spiro atoms. The highest BCUT2D eigenvalue weighted by atomic mass is 16.2. The molecule has 5 nitrogen and oxygen atoms in total. The minimum absolute atomic E-state index is 0.0598. The van der Waals surface area contributed by atoms with E-state index in [1.165, 1.54) is 4.90 Å². The summed E-state index contributed by atoms with van der Waals surface area (Å²) in [7, 11) is 0. The highest BCUT2D eigenvalue weighted by molar-refractivity contribution is 5.95. The second-order valence-electron chi connectivity index (χ2n) is 8.04. The number of hydrogen-bond acceptors (Lipinski definition) is 2. The van der Waals surface area contributed by atoms with E-state index in [0.29, 0.717) is 0 Å². The van der Waals surface area contributed by atoms with Gasteiger partial charge in [-0.1, -0.05) is 48.5 Å². The average molecular weight is 403 g/mol. The van der Waals surface area contributed by atoms with Gasteiger partial charge in [0.25, 0.3) is 11.7 Å². The van der Waals surface area contributed by atoms with Crippen molar-refractivity contribution in [2.75, 3.05) is 36.4 Å². The highest BCUT2D eigenvalue weighted by Gasteiger charge is 2.36. The fourth-order valence-corrected chi connectivity index (χ4v) is 4.20. The zero-order valence-corrected chi connectivity index (χ0v) is 17.7. The number of nitrogens with one attached hydrogen (secondary N) is 3. The Balaban J connectivity index is 1.54. The van der Waals surface area contributed by atoms with E-state index in [4.69, 9.17) is 0 Å². The van der Waals surface area contributed by atoms with Crippen LogP contribution in [0.15, 0.2) is 72.9 Å². The van der Waals surface area contributed by atoms with Gasteiger partial charge < -0.3 is 10.2 Å². The largest absolute Gasteiger partial charge is 0.320 e. The van der Waals surface area contributed by atoms with Crippen LogP contribution < -0.4 is 20.1 Å². The first-order chi connectivity index (χ1) is 14.6. The quantitative estimate of drug-likeness (QED) is 0.688. The molecule has 1 aliphatic rings. The number of pyridine rings is 1. The number of aromatic amines is 1. The van der Waals surface area contributed by atoms with E-state index >= 15 is 0 Å². The number of anilines is 2. The number of nitrogens with zero attached hydrogens (tertiary/aromatic N) is 1. The van der Waals surface area contributed by atoms with Crippen molar-refractivity contribution in [3.05, 3.63) is 89.6 Å². The van der Waals surface area contributed by atoms with Crippen LogP contribution in [0.4, 0.5) is 11.5 Å². The van der Waals surface area contributed by atoms with Crippen LogP contribution in [0.25, 0.3) is 0 Å². The van der Waals surface area contributed by atoms with Crippen LogP contribution >= 0.6 is 0 Å². The van der Waals surface area contributed by atoms with Gasteiger partial charge in [-0.05, 0) is 37.1 Å². The van der Waals surface area contributed by atoms with Crippen LogP contribution in [-0.4, -0.2) is 32.1 Å². The van der Waals surface area contributed by atoms with Gasteiger partial charge in [-0.25, -0.2) is 4.98 Å². The molecule has 0 unspecified atom stereocenters. The smallest absolute Gasteiger partial charge is 0.287 e. The molecular weight excluding hydrogens is 372 g/mol. The molecule has 1 amide bonds. The molecule has 0 saturated carbocycles. The topological polar surface area (TPSA) is 50.9 Å². The van der Waals surface area contributed by atoms with E-state index in [1.807, 2.05) is 43.5 Å². The molecule has 1 aromatic heterocycles. The number of aromatic nitrogens is 1.